The molecule has 630 valence electrons. The maximum Gasteiger partial charge on any atom is 0.573 e. The number of aryl methyl sites for hydroxylation is 1. The van der Waals surface area contributed by atoms with Crippen molar-refractivity contribution in [2.45, 2.75) is 30.9 Å². The second-order valence-electron chi connectivity index (χ2n) is 28.3. The van der Waals surface area contributed by atoms with Gasteiger partial charge in [0.15, 0.2) is 9.84 Å². The van der Waals surface area contributed by atoms with Gasteiger partial charge in [-0.25, -0.2) is 12.8 Å². The molecular formula is C95H75F7N12O10S. The van der Waals surface area contributed by atoms with E-state index in [9.17, 15) is 63.1 Å². The highest BCUT2D eigenvalue weighted by Gasteiger charge is 2.34. The van der Waals surface area contributed by atoms with Crippen LogP contribution in [0.15, 0.2) is 332 Å². The predicted octanol–water partition coefficient (Wildman–Crippen LogP) is 21.7. The number of H-pyrrole nitrogens is 4. The molecule has 0 fully saturated rings. The van der Waals surface area contributed by atoms with Crippen molar-refractivity contribution in [1.82, 2.24) is 29.8 Å². The average Bonchev–Trinajstić information content (AvgIpc) is 1.66. The van der Waals surface area contributed by atoms with Crippen LogP contribution in [-0.2, 0) is 22.6 Å². The molecule has 5 aromatic heterocycles. The highest BCUT2D eigenvalue weighted by molar-refractivity contribution is 7.90. The minimum Gasteiger partial charge on any atom is -0.497 e. The molecule has 8 heterocycles. The Morgan fingerprint density at radius 2 is 0.888 bits per heavy atom. The minimum absolute atomic E-state index is 0.0689. The van der Waals surface area contributed by atoms with Gasteiger partial charge >= 0.3 is 12.5 Å². The number of methoxy groups -OCH3 is 1. The first-order valence-electron chi connectivity index (χ1n) is 38.2. The number of nitrogens with one attached hydrogen (secondary N) is 8. The zero-order valence-electron chi connectivity index (χ0n) is 66.6. The van der Waals surface area contributed by atoms with E-state index in [1.807, 2.05) is 109 Å². The third-order valence-electron chi connectivity index (χ3n) is 19.4. The standard InChI is InChI=1S/C28H20F3N3O2.C23H18F3N3O4S.C22H18FN3O2.C22H19N3O2/c1-18-10-11-19-16-25(33-26(19)34(18)22-14-12-20(13-15-22)28(29,30)31)27(35)32-21-6-5-9-24(17-21)36-23-7-3-2-4-8-23;1-14-6-7-15-12-20(22(30)27-16-4-3-5-19(13-16)34(2,31)32)28-21(15)29(14)17-8-10-18(11-9-17)33-23(24,25)26;1-14-6-7-15-12-20(22(27)24-17-4-3-5-19(13-17)28-2)25-21(15)26(14)18-10-8-16(23)9-11-18;1-15-6-5-9-18(12-15)25-20(26)11-10-17-13-19(24-21(17)25)22(27)23-14-16-7-3-2-4-8-16/h2-17,33H,1H2,(H,32,35);3-13,28H,1H2,2H3,(H,27,30);3-13,25H,1H2,2H3,(H,24,27);2-13,24H,14H2,1H3,(H,23,27). The number of anilines is 9. The Morgan fingerprint density at radius 1 is 0.440 bits per heavy atom. The zero-order chi connectivity index (χ0) is 88.4. The van der Waals surface area contributed by atoms with Gasteiger partial charge in [0.1, 0.15) is 74.7 Å². The molecular weight excluding hydrogens is 1630 g/mol. The van der Waals surface area contributed by atoms with Crippen molar-refractivity contribution in [2.24, 2.45) is 0 Å². The van der Waals surface area contributed by atoms with E-state index in [1.54, 1.807) is 143 Å². The summed E-state index contributed by atoms with van der Waals surface area (Å²) in [6, 6.07) is 72.9. The number of pyridine rings is 1. The van der Waals surface area contributed by atoms with Gasteiger partial charge in [-0.15, -0.1) is 13.2 Å². The van der Waals surface area contributed by atoms with Crippen molar-refractivity contribution in [3.8, 4) is 28.7 Å². The maximum atomic E-state index is 13.3. The number of aromatic nitrogens is 5. The number of hydrogen-bond donors (Lipinski definition) is 8. The fraction of sp³-hybridized carbons (Fsp3) is 0.0632. The molecule has 8 N–H and O–H groups in total. The molecule has 0 spiro atoms. The molecule has 30 heteroatoms. The van der Waals surface area contributed by atoms with Crippen molar-refractivity contribution in [3.63, 3.8) is 0 Å². The number of amides is 4. The van der Waals surface area contributed by atoms with Crippen LogP contribution in [0.3, 0.4) is 0 Å². The van der Waals surface area contributed by atoms with Gasteiger partial charge in [0.05, 0.1) is 23.3 Å². The summed E-state index contributed by atoms with van der Waals surface area (Å²) in [5.41, 5.74) is 11.1. The third kappa shape index (κ3) is 20.7. The van der Waals surface area contributed by atoms with Crippen LogP contribution in [0.4, 0.5) is 82.3 Å². The summed E-state index contributed by atoms with van der Waals surface area (Å²) < 4.78 is 130. The number of aromatic amines is 4. The number of carbonyl (C=O) groups is 4. The highest BCUT2D eigenvalue weighted by Crippen LogP contribution is 2.42. The first-order chi connectivity index (χ1) is 59.8. The number of halogens is 7. The molecule has 4 amide bonds. The molecule has 9 aromatic carbocycles. The van der Waals surface area contributed by atoms with Crippen LogP contribution in [0, 0.1) is 12.7 Å². The number of fused-ring (bicyclic) bond motifs is 4. The number of ether oxygens (including phenoxy) is 3. The molecule has 22 nitrogen and oxygen atoms in total. The van der Waals surface area contributed by atoms with E-state index in [1.165, 1.54) is 72.8 Å². The van der Waals surface area contributed by atoms with Crippen LogP contribution < -0.4 is 55.7 Å². The van der Waals surface area contributed by atoms with Crippen molar-refractivity contribution in [2.75, 3.05) is 44.0 Å². The van der Waals surface area contributed by atoms with E-state index in [0.717, 1.165) is 51.8 Å². The quantitative estimate of drug-likeness (QED) is 0.0372. The van der Waals surface area contributed by atoms with Crippen LogP contribution in [-0.4, -0.2) is 76.3 Å². The zero-order valence-corrected chi connectivity index (χ0v) is 67.4. The number of carbonyl (C=O) groups excluding carboxylic acids is 4. The molecule has 125 heavy (non-hydrogen) atoms. The van der Waals surface area contributed by atoms with Gasteiger partial charge in [-0.2, -0.15) is 13.2 Å². The molecule has 17 rings (SSSR count). The number of allylic oxidation sites excluding steroid dienone is 3. The molecule has 0 saturated carbocycles. The molecule has 0 bridgehead atoms. The van der Waals surface area contributed by atoms with Crippen LogP contribution in [0.1, 0.15) is 75.3 Å². The first kappa shape index (κ1) is 85.3. The molecule has 3 aliphatic heterocycles. The summed E-state index contributed by atoms with van der Waals surface area (Å²) in [5, 5.41) is 12.1. The van der Waals surface area contributed by atoms with Gasteiger partial charge < -0.3 is 55.4 Å². The van der Waals surface area contributed by atoms with Crippen LogP contribution >= 0.6 is 0 Å². The van der Waals surface area contributed by atoms with E-state index in [-0.39, 0.29) is 51.1 Å². The van der Waals surface area contributed by atoms with Gasteiger partial charge in [0.25, 0.3) is 29.2 Å². The second kappa shape index (κ2) is 36.5. The molecule has 3 aliphatic rings. The normalized spacial score (nSPS) is 12.6. The Labute approximate surface area is 710 Å². The monoisotopic (exact) mass is 1710 g/mol. The number of hydrogen-bond acceptors (Lipinski definition) is 13. The molecule has 0 radical (unpaired) electrons. The highest BCUT2D eigenvalue weighted by atomic mass is 32.2. The Bertz CT molecular complexity index is 6730. The van der Waals surface area contributed by atoms with Crippen LogP contribution in [0.25, 0.3) is 34.9 Å². The summed E-state index contributed by atoms with van der Waals surface area (Å²) in [5.74, 6) is 1.58. The van der Waals surface area contributed by atoms with Crippen molar-refractivity contribution in [3.05, 3.63) is 394 Å². The van der Waals surface area contributed by atoms with Gasteiger partial charge in [-0.3, -0.25) is 43.2 Å². The Morgan fingerprint density at radius 3 is 1.38 bits per heavy atom. The fourth-order valence-electron chi connectivity index (χ4n) is 13.5. The molecule has 0 atom stereocenters. The topological polar surface area (TPSA) is 273 Å². The van der Waals surface area contributed by atoms with E-state index in [0.29, 0.717) is 115 Å². The van der Waals surface area contributed by atoms with Gasteiger partial charge in [-0.05, 0) is 224 Å². The summed E-state index contributed by atoms with van der Waals surface area (Å²) in [4.78, 5) is 81.1. The second-order valence-corrected chi connectivity index (χ2v) is 30.4. The number of para-hydroxylation sites is 1. The molecule has 0 saturated heterocycles. The van der Waals surface area contributed by atoms with E-state index in [4.69, 9.17) is 9.47 Å². The summed E-state index contributed by atoms with van der Waals surface area (Å²) in [6.07, 6.45) is 2.56. The van der Waals surface area contributed by atoms with Crippen molar-refractivity contribution >= 4 is 114 Å². The Hall–Kier alpha value is -16.1. The number of sulfone groups is 1. The lowest BCUT2D eigenvalue weighted by molar-refractivity contribution is -0.274. The molecule has 14 aromatic rings. The van der Waals surface area contributed by atoms with Gasteiger partial charge in [0.2, 0.25) is 0 Å². The Balaban J connectivity index is 0.000000136. The Kier molecular flexibility index (Phi) is 24.9. The van der Waals surface area contributed by atoms with E-state index >= 15 is 0 Å². The van der Waals surface area contributed by atoms with Crippen molar-refractivity contribution in [1.29, 1.82) is 0 Å². The largest absolute Gasteiger partial charge is 0.573 e. The molecule has 0 unspecified atom stereocenters. The smallest absolute Gasteiger partial charge is 0.497 e. The summed E-state index contributed by atoms with van der Waals surface area (Å²) in [6.45, 7) is 14.4. The minimum atomic E-state index is -4.80. The van der Waals surface area contributed by atoms with Gasteiger partial charge in [0, 0.05) is 104 Å². The van der Waals surface area contributed by atoms with Crippen molar-refractivity contribution < 1.29 is 72.5 Å². The van der Waals surface area contributed by atoms with Crippen LogP contribution in [0.2, 0.25) is 0 Å². The predicted molar refractivity (Wildman–Crippen MR) is 470 cm³/mol. The third-order valence-corrected chi connectivity index (χ3v) is 20.5. The molecule has 0 aliphatic carbocycles. The lowest BCUT2D eigenvalue weighted by Gasteiger charge is -2.27. The number of benzene rings is 9. The van der Waals surface area contributed by atoms with E-state index in [2.05, 4.69) is 65.7 Å². The van der Waals surface area contributed by atoms with E-state index < -0.39 is 33.8 Å². The average molecular weight is 1710 g/mol. The summed E-state index contributed by atoms with van der Waals surface area (Å²) in [7, 11) is -1.87. The lowest BCUT2D eigenvalue weighted by Crippen LogP contribution is -2.23. The lowest BCUT2D eigenvalue weighted by atomic mass is 10.1. The fourth-order valence-corrected chi connectivity index (χ4v) is 14.1. The van der Waals surface area contributed by atoms with Crippen LogP contribution in [0.5, 0.6) is 23.0 Å². The first-order valence-corrected chi connectivity index (χ1v) is 40.1. The maximum absolute atomic E-state index is 13.3. The SMILES string of the molecule is C=C1C=Cc2cc(C(=O)Nc3cccc(OC)c3)[nH]c2N1c1ccc(F)cc1.C=C1C=Cc2cc(C(=O)Nc3cccc(Oc4ccccc4)c3)[nH]c2N1c1ccc(C(F)(F)F)cc1.C=C1C=Cc2cc(C(=O)Nc3cccc(S(C)(=O)=O)c3)[nH]c2N1c1ccc(OC(F)(F)F)cc1.Cc1cccc(-n2c(=O)ccc3cc(C(=O)NCc4ccccc4)[nH]c32)c1. The number of rotatable bonds is 18. The number of alkyl halides is 6. The van der Waals surface area contributed by atoms with Gasteiger partial charge in [-0.1, -0.05) is 98.6 Å². The summed E-state index contributed by atoms with van der Waals surface area (Å²) >= 11 is 0. The number of nitrogens with zero attached hydrogens (tertiary/aromatic N) is 4.